The molecule has 7 nitrogen and oxygen atoms in total. The molecule has 4 rings (SSSR count). The highest BCUT2D eigenvalue weighted by molar-refractivity contribution is 5.98. The third-order valence-corrected chi connectivity index (χ3v) is 5.39. The van der Waals surface area contributed by atoms with Crippen molar-refractivity contribution >= 4 is 17.6 Å². The predicted molar refractivity (Wildman–Crippen MR) is 98.1 cm³/mol. The third kappa shape index (κ3) is 2.94. The Balaban J connectivity index is 1.46. The van der Waals surface area contributed by atoms with Crippen LogP contribution in [0.2, 0.25) is 0 Å². The number of anilines is 1. The SMILES string of the molecule is Cc1cnn(C)c1C1CCN(C(=O)c2ccc3c(c2)NC(=O)NC3)CC1. The topological polar surface area (TPSA) is 79.3 Å². The Labute approximate surface area is 152 Å². The number of aromatic nitrogens is 2. The maximum Gasteiger partial charge on any atom is 0.319 e. The summed E-state index contributed by atoms with van der Waals surface area (Å²) in [4.78, 5) is 26.3. The summed E-state index contributed by atoms with van der Waals surface area (Å²) in [5, 5.41) is 9.83. The van der Waals surface area contributed by atoms with Gasteiger partial charge < -0.3 is 15.5 Å². The molecule has 2 aromatic rings. The first-order chi connectivity index (χ1) is 12.5. The summed E-state index contributed by atoms with van der Waals surface area (Å²) in [5.74, 6) is 0.473. The Morgan fingerprint density at radius 2 is 2.04 bits per heavy atom. The molecule has 1 saturated heterocycles. The van der Waals surface area contributed by atoms with Gasteiger partial charge in [-0.25, -0.2) is 4.79 Å². The maximum atomic E-state index is 12.9. The van der Waals surface area contributed by atoms with E-state index in [1.807, 2.05) is 35.0 Å². The van der Waals surface area contributed by atoms with Gasteiger partial charge in [0.2, 0.25) is 0 Å². The number of hydrogen-bond acceptors (Lipinski definition) is 3. The van der Waals surface area contributed by atoms with Gasteiger partial charge in [0.25, 0.3) is 5.91 Å². The number of nitrogens with zero attached hydrogens (tertiary/aromatic N) is 3. The molecule has 2 N–H and O–H groups in total. The lowest BCUT2D eigenvalue weighted by Crippen LogP contribution is -2.38. The molecule has 1 fully saturated rings. The van der Waals surface area contributed by atoms with E-state index >= 15 is 0 Å². The van der Waals surface area contributed by atoms with Crippen LogP contribution >= 0.6 is 0 Å². The van der Waals surface area contributed by atoms with Crippen LogP contribution in [0.25, 0.3) is 0 Å². The quantitative estimate of drug-likeness (QED) is 0.870. The first kappa shape index (κ1) is 16.6. The van der Waals surface area contributed by atoms with Crippen molar-refractivity contribution in [3.8, 4) is 0 Å². The number of hydrogen-bond donors (Lipinski definition) is 2. The van der Waals surface area contributed by atoms with Gasteiger partial charge in [0, 0.05) is 49.5 Å². The van der Waals surface area contributed by atoms with Gasteiger partial charge in [0.05, 0.1) is 6.20 Å². The van der Waals surface area contributed by atoms with E-state index in [1.165, 1.54) is 11.3 Å². The first-order valence-corrected chi connectivity index (χ1v) is 8.98. The van der Waals surface area contributed by atoms with Gasteiger partial charge in [-0.1, -0.05) is 6.07 Å². The molecule has 7 heteroatoms. The number of nitrogens with one attached hydrogen (secondary N) is 2. The smallest absolute Gasteiger partial charge is 0.319 e. The summed E-state index contributed by atoms with van der Waals surface area (Å²) < 4.78 is 1.96. The molecular formula is C19H23N5O2. The molecule has 136 valence electrons. The highest BCUT2D eigenvalue weighted by Gasteiger charge is 2.27. The van der Waals surface area contributed by atoms with Gasteiger partial charge in [-0.3, -0.25) is 9.48 Å². The van der Waals surface area contributed by atoms with Crippen molar-refractivity contribution in [2.75, 3.05) is 18.4 Å². The van der Waals surface area contributed by atoms with E-state index in [9.17, 15) is 9.59 Å². The zero-order valence-corrected chi connectivity index (χ0v) is 15.1. The fraction of sp³-hybridized carbons (Fsp3) is 0.421. The second-order valence-corrected chi connectivity index (χ2v) is 7.08. The van der Waals surface area contributed by atoms with Crippen LogP contribution in [-0.2, 0) is 13.6 Å². The van der Waals surface area contributed by atoms with Gasteiger partial charge in [0.1, 0.15) is 0 Å². The number of benzene rings is 1. The van der Waals surface area contributed by atoms with Crippen LogP contribution in [0.3, 0.4) is 0 Å². The van der Waals surface area contributed by atoms with Crippen molar-refractivity contribution in [1.29, 1.82) is 0 Å². The summed E-state index contributed by atoms with van der Waals surface area (Å²) >= 11 is 0. The maximum absolute atomic E-state index is 12.9. The standard InChI is InChI=1S/C19H23N5O2/c1-12-10-21-23(2)17(12)13-5-7-24(8-6-13)18(25)14-3-4-15-11-20-19(26)22-16(15)9-14/h3-4,9-10,13H,5-8,11H2,1-2H3,(H2,20,22,26). The number of rotatable bonds is 2. The number of aryl methyl sites for hydroxylation is 2. The molecule has 0 spiro atoms. The van der Waals surface area contributed by atoms with Crippen molar-refractivity contribution in [3.63, 3.8) is 0 Å². The normalized spacial score (nSPS) is 17.5. The summed E-state index contributed by atoms with van der Waals surface area (Å²) in [6.45, 7) is 4.06. The Bertz CT molecular complexity index is 845. The lowest BCUT2D eigenvalue weighted by atomic mass is 9.91. The van der Waals surface area contributed by atoms with E-state index in [0.29, 0.717) is 18.0 Å². The van der Waals surface area contributed by atoms with E-state index in [0.717, 1.165) is 37.2 Å². The number of carbonyl (C=O) groups excluding carboxylic acids is 2. The number of piperidine rings is 1. The van der Waals surface area contributed by atoms with Crippen LogP contribution in [0, 0.1) is 6.92 Å². The summed E-state index contributed by atoms with van der Waals surface area (Å²) in [7, 11) is 1.98. The van der Waals surface area contributed by atoms with Gasteiger partial charge in [-0.15, -0.1) is 0 Å². The van der Waals surface area contributed by atoms with E-state index in [4.69, 9.17) is 0 Å². The minimum atomic E-state index is -0.227. The van der Waals surface area contributed by atoms with Gasteiger partial charge in [0.15, 0.2) is 0 Å². The third-order valence-electron chi connectivity index (χ3n) is 5.39. The van der Waals surface area contributed by atoms with E-state index in [-0.39, 0.29) is 11.9 Å². The van der Waals surface area contributed by atoms with Crippen LogP contribution in [0.4, 0.5) is 10.5 Å². The largest absolute Gasteiger partial charge is 0.339 e. The van der Waals surface area contributed by atoms with E-state index in [2.05, 4.69) is 22.7 Å². The van der Waals surface area contributed by atoms with E-state index < -0.39 is 0 Å². The molecule has 0 unspecified atom stereocenters. The highest BCUT2D eigenvalue weighted by Crippen LogP contribution is 2.30. The second-order valence-electron chi connectivity index (χ2n) is 7.08. The van der Waals surface area contributed by atoms with Gasteiger partial charge in [-0.2, -0.15) is 5.10 Å². The average molecular weight is 353 g/mol. The summed E-state index contributed by atoms with van der Waals surface area (Å²) in [5.41, 5.74) is 4.84. The molecule has 0 atom stereocenters. The second kappa shape index (κ2) is 6.48. The lowest BCUT2D eigenvalue weighted by molar-refractivity contribution is 0.0711. The Kier molecular flexibility index (Phi) is 4.14. The molecule has 0 bridgehead atoms. The van der Waals surface area contributed by atoms with Crippen molar-refractivity contribution in [3.05, 3.63) is 46.8 Å². The molecule has 3 amide bonds. The number of urea groups is 1. The fourth-order valence-corrected chi connectivity index (χ4v) is 4.00. The monoisotopic (exact) mass is 353 g/mol. The number of fused-ring (bicyclic) bond motifs is 1. The molecule has 2 aliphatic heterocycles. The molecular weight excluding hydrogens is 330 g/mol. The van der Waals surface area contributed by atoms with Crippen molar-refractivity contribution in [1.82, 2.24) is 20.0 Å². The summed E-state index contributed by atoms with van der Waals surface area (Å²) in [6, 6.07) is 5.31. The zero-order chi connectivity index (χ0) is 18.3. The minimum Gasteiger partial charge on any atom is -0.339 e. The average Bonchev–Trinajstić information content (AvgIpc) is 2.99. The van der Waals surface area contributed by atoms with Crippen molar-refractivity contribution in [2.45, 2.75) is 32.2 Å². The zero-order valence-electron chi connectivity index (χ0n) is 15.1. The fourth-order valence-electron chi connectivity index (χ4n) is 4.00. The van der Waals surface area contributed by atoms with Crippen LogP contribution in [0.1, 0.15) is 45.9 Å². The number of likely N-dealkylation sites (tertiary alicyclic amines) is 1. The number of amides is 3. The molecule has 1 aromatic heterocycles. The minimum absolute atomic E-state index is 0.0285. The lowest BCUT2D eigenvalue weighted by Gasteiger charge is -2.32. The molecule has 3 heterocycles. The molecule has 0 aliphatic carbocycles. The van der Waals surface area contributed by atoms with Crippen molar-refractivity contribution in [2.24, 2.45) is 7.05 Å². The Hall–Kier alpha value is -2.83. The van der Waals surface area contributed by atoms with E-state index in [1.54, 1.807) is 6.07 Å². The summed E-state index contributed by atoms with van der Waals surface area (Å²) in [6.07, 6.45) is 3.79. The molecule has 26 heavy (non-hydrogen) atoms. The van der Waals surface area contributed by atoms with Crippen LogP contribution in [0.5, 0.6) is 0 Å². The highest BCUT2D eigenvalue weighted by atomic mass is 16.2. The number of carbonyl (C=O) groups is 2. The Morgan fingerprint density at radius 1 is 1.27 bits per heavy atom. The van der Waals surface area contributed by atoms with Crippen LogP contribution in [0.15, 0.2) is 24.4 Å². The molecule has 2 aliphatic rings. The van der Waals surface area contributed by atoms with Crippen LogP contribution < -0.4 is 10.6 Å². The first-order valence-electron chi connectivity index (χ1n) is 8.98. The predicted octanol–water partition coefficient (Wildman–Crippen LogP) is 2.38. The molecule has 0 radical (unpaired) electrons. The Morgan fingerprint density at radius 3 is 2.73 bits per heavy atom. The van der Waals surface area contributed by atoms with Crippen molar-refractivity contribution < 1.29 is 9.59 Å². The molecule has 0 saturated carbocycles. The molecule has 1 aromatic carbocycles. The van der Waals surface area contributed by atoms with Gasteiger partial charge in [-0.05, 0) is 43.0 Å². The van der Waals surface area contributed by atoms with Crippen LogP contribution in [-0.4, -0.2) is 39.7 Å². The van der Waals surface area contributed by atoms with Gasteiger partial charge >= 0.3 is 6.03 Å².